The van der Waals surface area contributed by atoms with Crippen LogP contribution in [0, 0.1) is 0 Å². The molecule has 92 valence electrons. The second-order valence-corrected chi connectivity index (χ2v) is 3.39. The van der Waals surface area contributed by atoms with Crippen molar-refractivity contribution >= 4 is 5.71 Å². The van der Waals surface area contributed by atoms with Gasteiger partial charge >= 0.3 is 0 Å². The molecule has 0 spiro atoms. The number of allylic oxidation sites excluding steroid dienone is 8. The van der Waals surface area contributed by atoms with Crippen LogP contribution in [-0.4, -0.2) is 12.3 Å². The lowest BCUT2D eigenvalue weighted by molar-refractivity contribution is 0.932. The van der Waals surface area contributed by atoms with Gasteiger partial charge in [-0.1, -0.05) is 50.0 Å². The van der Waals surface area contributed by atoms with E-state index in [4.69, 9.17) is 5.73 Å². The number of nitrogens with zero attached hydrogens (tertiary/aromatic N) is 1. The zero-order valence-corrected chi connectivity index (χ0v) is 10.8. The third kappa shape index (κ3) is 8.03. The van der Waals surface area contributed by atoms with Crippen molar-refractivity contribution in [2.75, 3.05) is 6.54 Å². The molecule has 0 atom stereocenters. The van der Waals surface area contributed by atoms with Crippen molar-refractivity contribution < 1.29 is 0 Å². The largest absolute Gasteiger partial charge is 0.397 e. The van der Waals surface area contributed by atoms with Gasteiger partial charge in [0.05, 0.1) is 11.4 Å². The van der Waals surface area contributed by atoms with Gasteiger partial charge in [0.15, 0.2) is 0 Å². The quantitative estimate of drug-likeness (QED) is 0.527. The number of rotatable bonds is 7. The summed E-state index contributed by atoms with van der Waals surface area (Å²) in [5.41, 5.74) is 7.43. The average molecular weight is 230 g/mol. The minimum Gasteiger partial charge on any atom is -0.397 e. The SMILES string of the molecule is C=C/C=C\C=C(/N)C(/C=C/C=C\C)=NCCC. The highest BCUT2D eigenvalue weighted by Gasteiger charge is 1.96. The highest BCUT2D eigenvalue weighted by atomic mass is 14.8. The van der Waals surface area contributed by atoms with E-state index >= 15 is 0 Å². The molecule has 2 N–H and O–H groups in total. The topological polar surface area (TPSA) is 38.4 Å². The molecule has 0 amide bonds. The van der Waals surface area contributed by atoms with Crippen LogP contribution in [0.25, 0.3) is 0 Å². The smallest absolute Gasteiger partial charge is 0.0803 e. The summed E-state index contributed by atoms with van der Waals surface area (Å²) in [4.78, 5) is 4.44. The van der Waals surface area contributed by atoms with E-state index in [2.05, 4.69) is 18.5 Å². The molecule has 0 aromatic rings. The van der Waals surface area contributed by atoms with Crippen molar-refractivity contribution in [1.29, 1.82) is 0 Å². The van der Waals surface area contributed by atoms with E-state index in [0.29, 0.717) is 5.70 Å². The standard InChI is InChI=1S/C15H22N2/c1-4-7-9-11-14(16)15(17-13-6-3)12-10-8-5-2/h4-5,7-12H,1,6,13,16H2,2-3H3/b8-5-,9-7-,12-10+,14-11-,17-15?. The van der Waals surface area contributed by atoms with Crippen LogP contribution in [-0.2, 0) is 0 Å². The second-order valence-electron chi connectivity index (χ2n) is 3.39. The Balaban J connectivity index is 4.84. The average Bonchev–Trinajstić information content (AvgIpc) is 2.33. The monoisotopic (exact) mass is 230 g/mol. The minimum absolute atomic E-state index is 0.664. The van der Waals surface area contributed by atoms with Gasteiger partial charge in [-0.15, -0.1) is 0 Å². The molecular formula is C15H22N2. The summed E-state index contributed by atoms with van der Waals surface area (Å²) in [7, 11) is 0. The zero-order chi connectivity index (χ0) is 12.9. The maximum atomic E-state index is 5.95. The van der Waals surface area contributed by atoms with Crippen LogP contribution >= 0.6 is 0 Å². The molecule has 0 fully saturated rings. The molecular weight excluding hydrogens is 208 g/mol. The third-order valence-electron chi connectivity index (χ3n) is 1.88. The van der Waals surface area contributed by atoms with E-state index in [-0.39, 0.29) is 0 Å². The van der Waals surface area contributed by atoms with Gasteiger partial charge in [0.25, 0.3) is 0 Å². The molecule has 0 radical (unpaired) electrons. The van der Waals surface area contributed by atoms with Crippen LogP contribution in [0.1, 0.15) is 20.3 Å². The Morgan fingerprint density at radius 3 is 2.59 bits per heavy atom. The number of hydrogen-bond donors (Lipinski definition) is 1. The predicted octanol–water partition coefficient (Wildman–Crippen LogP) is 3.55. The molecule has 0 aromatic carbocycles. The molecule has 0 saturated carbocycles. The van der Waals surface area contributed by atoms with Crippen LogP contribution in [0.5, 0.6) is 0 Å². The van der Waals surface area contributed by atoms with Crippen molar-refractivity contribution in [3.05, 3.63) is 60.9 Å². The van der Waals surface area contributed by atoms with Crippen molar-refractivity contribution in [2.45, 2.75) is 20.3 Å². The second kappa shape index (κ2) is 10.7. The summed E-state index contributed by atoms with van der Waals surface area (Å²) < 4.78 is 0. The first-order valence-corrected chi connectivity index (χ1v) is 5.85. The van der Waals surface area contributed by atoms with Gasteiger partial charge in [-0.2, -0.15) is 0 Å². The number of aliphatic imine (C=N–C) groups is 1. The Morgan fingerprint density at radius 2 is 2.00 bits per heavy atom. The molecule has 0 rings (SSSR count). The zero-order valence-electron chi connectivity index (χ0n) is 10.8. The molecule has 2 nitrogen and oxygen atoms in total. The molecule has 17 heavy (non-hydrogen) atoms. The van der Waals surface area contributed by atoms with Crippen molar-refractivity contribution in [1.82, 2.24) is 0 Å². The molecule has 0 heterocycles. The molecule has 2 heteroatoms. The lowest BCUT2D eigenvalue weighted by Gasteiger charge is -2.00. The van der Waals surface area contributed by atoms with Crippen LogP contribution in [0.4, 0.5) is 0 Å². The summed E-state index contributed by atoms with van der Waals surface area (Å²) in [5.74, 6) is 0. The van der Waals surface area contributed by atoms with E-state index in [1.54, 1.807) is 6.08 Å². The van der Waals surface area contributed by atoms with Gasteiger partial charge in [-0.05, 0) is 25.5 Å². The summed E-state index contributed by atoms with van der Waals surface area (Å²) in [6, 6.07) is 0. The first kappa shape index (κ1) is 15.2. The fourth-order valence-corrected chi connectivity index (χ4v) is 1.05. The highest BCUT2D eigenvalue weighted by molar-refractivity contribution is 6.08. The van der Waals surface area contributed by atoms with Crippen LogP contribution in [0.15, 0.2) is 65.9 Å². The van der Waals surface area contributed by atoms with Crippen LogP contribution in [0.2, 0.25) is 0 Å². The minimum atomic E-state index is 0.664. The van der Waals surface area contributed by atoms with Gasteiger partial charge in [0.1, 0.15) is 0 Å². The van der Waals surface area contributed by atoms with Crippen LogP contribution < -0.4 is 5.73 Å². The maximum Gasteiger partial charge on any atom is 0.0803 e. The van der Waals surface area contributed by atoms with Crippen molar-refractivity contribution in [3.8, 4) is 0 Å². The normalized spacial score (nSPS) is 14.2. The Kier molecular flexibility index (Phi) is 9.53. The maximum absolute atomic E-state index is 5.95. The Hall–Kier alpha value is -1.83. The van der Waals surface area contributed by atoms with Gasteiger partial charge in [-0.25, -0.2) is 0 Å². The number of nitrogens with two attached hydrogens (primary N) is 1. The molecule has 0 saturated heterocycles. The Bertz CT molecular complexity index is 355. The van der Waals surface area contributed by atoms with Gasteiger partial charge < -0.3 is 5.73 Å². The van der Waals surface area contributed by atoms with E-state index in [9.17, 15) is 0 Å². The van der Waals surface area contributed by atoms with Crippen LogP contribution in [0.3, 0.4) is 0 Å². The van der Waals surface area contributed by atoms with E-state index in [1.807, 2.05) is 49.5 Å². The summed E-state index contributed by atoms with van der Waals surface area (Å²) in [5, 5.41) is 0. The number of hydrogen-bond acceptors (Lipinski definition) is 2. The van der Waals surface area contributed by atoms with Crippen molar-refractivity contribution in [3.63, 3.8) is 0 Å². The van der Waals surface area contributed by atoms with Crippen molar-refractivity contribution in [2.24, 2.45) is 10.7 Å². The summed E-state index contributed by atoms with van der Waals surface area (Å²) in [6.07, 6.45) is 16.0. The first-order chi connectivity index (χ1) is 8.26. The predicted molar refractivity (Wildman–Crippen MR) is 78.2 cm³/mol. The molecule has 0 aliphatic heterocycles. The summed E-state index contributed by atoms with van der Waals surface area (Å²) in [6.45, 7) is 8.45. The molecule has 0 aliphatic carbocycles. The fraction of sp³-hybridized carbons (Fsp3) is 0.267. The molecule has 0 unspecified atom stereocenters. The highest BCUT2D eigenvalue weighted by Crippen LogP contribution is 1.96. The van der Waals surface area contributed by atoms with E-state index in [1.165, 1.54) is 0 Å². The van der Waals surface area contributed by atoms with Gasteiger partial charge in [-0.3, -0.25) is 4.99 Å². The van der Waals surface area contributed by atoms with Gasteiger partial charge in [0.2, 0.25) is 0 Å². The van der Waals surface area contributed by atoms with Gasteiger partial charge in [0, 0.05) is 6.54 Å². The molecule has 0 bridgehead atoms. The Labute approximate surface area is 105 Å². The Morgan fingerprint density at radius 1 is 1.24 bits per heavy atom. The third-order valence-corrected chi connectivity index (χ3v) is 1.88. The molecule has 0 aromatic heterocycles. The first-order valence-electron chi connectivity index (χ1n) is 5.85. The van der Waals surface area contributed by atoms with E-state index in [0.717, 1.165) is 18.7 Å². The lowest BCUT2D eigenvalue weighted by Crippen LogP contribution is -2.09. The lowest BCUT2D eigenvalue weighted by atomic mass is 10.2. The van der Waals surface area contributed by atoms with E-state index < -0.39 is 0 Å². The fourth-order valence-electron chi connectivity index (χ4n) is 1.05. The molecule has 0 aliphatic rings. The summed E-state index contributed by atoms with van der Waals surface area (Å²) >= 11 is 0.